The van der Waals surface area contributed by atoms with E-state index in [0.29, 0.717) is 13.1 Å². The number of nitrogens with zero attached hydrogens (tertiary/aromatic N) is 1. The van der Waals surface area contributed by atoms with Gasteiger partial charge in [-0.2, -0.15) is 0 Å². The SMILES string of the molecule is CC(=O)Nc1cccc(C(C)NCCNC(=O)N(C)C)c1. The molecule has 0 aliphatic rings. The maximum Gasteiger partial charge on any atom is 0.316 e. The average molecular weight is 292 g/mol. The summed E-state index contributed by atoms with van der Waals surface area (Å²) in [6.45, 7) is 4.76. The fraction of sp³-hybridized carbons (Fsp3) is 0.467. The van der Waals surface area contributed by atoms with Crippen molar-refractivity contribution in [3.8, 4) is 0 Å². The second-order valence-corrected chi connectivity index (χ2v) is 5.11. The van der Waals surface area contributed by atoms with Gasteiger partial charge < -0.3 is 20.9 Å². The minimum absolute atomic E-state index is 0.0841. The van der Waals surface area contributed by atoms with Crippen LogP contribution in [0.1, 0.15) is 25.5 Å². The average Bonchev–Trinajstić information content (AvgIpc) is 2.42. The summed E-state index contributed by atoms with van der Waals surface area (Å²) in [4.78, 5) is 23.9. The van der Waals surface area contributed by atoms with Crippen LogP contribution in [0.5, 0.6) is 0 Å². The molecule has 116 valence electrons. The molecule has 1 atom stereocenters. The zero-order valence-corrected chi connectivity index (χ0v) is 13.1. The minimum atomic E-state index is -0.0999. The molecular weight excluding hydrogens is 268 g/mol. The summed E-state index contributed by atoms with van der Waals surface area (Å²) < 4.78 is 0. The van der Waals surface area contributed by atoms with Gasteiger partial charge in [0.15, 0.2) is 0 Å². The number of rotatable bonds is 6. The zero-order valence-electron chi connectivity index (χ0n) is 13.1. The predicted octanol–water partition coefficient (Wildman–Crippen LogP) is 1.57. The molecule has 0 heterocycles. The van der Waals surface area contributed by atoms with Crippen molar-refractivity contribution < 1.29 is 9.59 Å². The van der Waals surface area contributed by atoms with Gasteiger partial charge in [0.2, 0.25) is 5.91 Å². The van der Waals surface area contributed by atoms with E-state index < -0.39 is 0 Å². The number of hydrogen-bond acceptors (Lipinski definition) is 3. The van der Waals surface area contributed by atoms with E-state index in [2.05, 4.69) is 16.0 Å². The van der Waals surface area contributed by atoms with Crippen molar-refractivity contribution in [2.24, 2.45) is 0 Å². The summed E-state index contributed by atoms with van der Waals surface area (Å²) in [7, 11) is 3.41. The van der Waals surface area contributed by atoms with E-state index in [1.165, 1.54) is 11.8 Å². The van der Waals surface area contributed by atoms with Crippen LogP contribution in [0.3, 0.4) is 0 Å². The third kappa shape index (κ3) is 6.27. The highest BCUT2D eigenvalue weighted by Gasteiger charge is 2.06. The van der Waals surface area contributed by atoms with Crippen molar-refractivity contribution in [3.63, 3.8) is 0 Å². The quantitative estimate of drug-likeness (QED) is 0.697. The number of anilines is 1. The number of urea groups is 1. The Kier molecular flexibility index (Phi) is 6.68. The molecule has 1 rings (SSSR count). The van der Waals surface area contributed by atoms with Crippen molar-refractivity contribution in [3.05, 3.63) is 29.8 Å². The summed E-state index contributed by atoms with van der Waals surface area (Å²) in [5, 5.41) is 8.89. The summed E-state index contributed by atoms with van der Waals surface area (Å²) in [6, 6.07) is 7.74. The predicted molar refractivity (Wildman–Crippen MR) is 84.2 cm³/mol. The molecule has 3 N–H and O–H groups in total. The molecule has 1 unspecified atom stereocenters. The number of nitrogens with one attached hydrogen (secondary N) is 3. The molecule has 0 fully saturated rings. The van der Waals surface area contributed by atoms with Gasteiger partial charge in [-0.25, -0.2) is 4.79 Å². The maximum atomic E-state index is 11.4. The van der Waals surface area contributed by atoms with Crippen molar-refractivity contribution in [2.45, 2.75) is 19.9 Å². The number of benzene rings is 1. The first-order chi connectivity index (χ1) is 9.90. The van der Waals surface area contributed by atoms with Crippen molar-refractivity contribution in [1.82, 2.24) is 15.5 Å². The topological polar surface area (TPSA) is 73.5 Å². The molecule has 6 nitrogen and oxygen atoms in total. The van der Waals surface area contributed by atoms with Gasteiger partial charge in [0.05, 0.1) is 0 Å². The molecule has 0 aromatic heterocycles. The van der Waals surface area contributed by atoms with Crippen LogP contribution >= 0.6 is 0 Å². The summed E-state index contributed by atoms with van der Waals surface area (Å²) in [6.07, 6.45) is 0. The lowest BCUT2D eigenvalue weighted by atomic mass is 10.1. The van der Waals surface area contributed by atoms with Crippen LogP contribution < -0.4 is 16.0 Å². The van der Waals surface area contributed by atoms with Crippen LogP contribution in [0.2, 0.25) is 0 Å². The summed E-state index contributed by atoms with van der Waals surface area (Å²) >= 11 is 0. The Morgan fingerprint density at radius 1 is 1.24 bits per heavy atom. The second kappa shape index (κ2) is 8.26. The molecule has 1 aromatic rings. The van der Waals surface area contributed by atoms with E-state index in [-0.39, 0.29) is 18.0 Å². The van der Waals surface area contributed by atoms with Crippen LogP contribution in [-0.2, 0) is 4.79 Å². The molecule has 1 aromatic carbocycles. The van der Waals surface area contributed by atoms with E-state index in [9.17, 15) is 9.59 Å². The molecule has 6 heteroatoms. The lowest BCUT2D eigenvalue weighted by Gasteiger charge is -2.17. The number of amides is 3. The molecule has 0 saturated heterocycles. The van der Waals surface area contributed by atoms with Crippen LogP contribution in [0.25, 0.3) is 0 Å². The third-order valence-corrected chi connectivity index (χ3v) is 2.96. The number of hydrogen-bond donors (Lipinski definition) is 3. The van der Waals surface area contributed by atoms with Gasteiger partial charge in [0, 0.05) is 45.8 Å². The molecule has 0 saturated carbocycles. The molecule has 0 aliphatic carbocycles. The Balaban J connectivity index is 2.43. The number of carbonyl (C=O) groups excluding carboxylic acids is 2. The van der Waals surface area contributed by atoms with Gasteiger partial charge in [-0.3, -0.25) is 4.79 Å². The van der Waals surface area contributed by atoms with E-state index in [0.717, 1.165) is 11.3 Å². The van der Waals surface area contributed by atoms with Crippen molar-refractivity contribution >= 4 is 17.6 Å². The first-order valence-electron chi connectivity index (χ1n) is 6.96. The Morgan fingerprint density at radius 3 is 2.57 bits per heavy atom. The number of carbonyl (C=O) groups is 2. The molecule has 0 radical (unpaired) electrons. The highest BCUT2D eigenvalue weighted by Crippen LogP contribution is 2.17. The molecule has 0 aliphatic heterocycles. The Hall–Kier alpha value is -2.08. The molecule has 0 spiro atoms. The van der Waals surface area contributed by atoms with Gasteiger partial charge in [-0.15, -0.1) is 0 Å². The van der Waals surface area contributed by atoms with Crippen LogP contribution in [0.4, 0.5) is 10.5 Å². The van der Waals surface area contributed by atoms with Gasteiger partial charge >= 0.3 is 6.03 Å². The highest BCUT2D eigenvalue weighted by molar-refractivity contribution is 5.88. The van der Waals surface area contributed by atoms with E-state index in [4.69, 9.17) is 0 Å². The van der Waals surface area contributed by atoms with Gasteiger partial charge in [0.25, 0.3) is 0 Å². The Bertz CT molecular complexity index is 488. The molecule has 21 heavy (non-hydrogen) atoms. The lowest BCUT2D eigenvalue weighted by Crippen LogP contribution is -2.38. The minimum Gasteiger partial charge on any atom is -0.337 e. The van der Waals surface area contributed by atoms with Crippen LogP contribution in [0.15, 0.2) is 24.3 Å². The third-order valence-electron chi connectivity index (χ3n) is 2.96. The Labute approximate surface area is 125 Å². The standard InChI is InChI=1S/C15H24N4O2/c1-11(16-8-9-17-15(21)19(3)4)13-6-5-7-14(10-13)18-12(2)20/h5-7,10-11,16H,8-9H2,1-4H3,(H,17,21)(H,18,20). The highest BCUT2D eigenvalue weighted by atomic mass is 16.2. The normalized spacial score (nSPS) is 11.6. The smallest absolute Gasteiger partial charge is 0.316 e. The fourth-order valence-electron chi connectivity index (χ4n) is 1.82. The first kappa shape index (κ1) is 17.0. The van der Waals surface area contributed by atoms with Gasteiger partial charge in [-0.1, -0.05) is 12.1 Å². The van der Waals surface area contributed by atoms with E-state index in [1.807, 2.05) is 31.2 Å². The van der Waals surface area contributed by atoms with Crippen molar-refractivity contribution in [2.75, 3.05) is 32.5 Å². The zero-order chi connectivity index (χ0) is 15.8. The Morgan fingerprint density at radius 2 is 1.95 bits per heavy atom. The van der Waals surface area contributed by atoms with Crippen LogP contribution in [0, 0.1) is 0 Å². The van der Waals surface area contributed by atoms with Gasteiger partial charge in [0.1, 0.15) is 0 Å². The lowest BCUT2D eigenvalue weighted by molar-refractivity contribution is -0.114. The van der Waals surface area contributed by atoms with E-state index >= 15 is 0 Å². The fourth-order valence-corrected chi connectivity index (χ4v) is 1.82. The first-order valence-corrected chi connectivity index (χ1v) is 6.96. The summed E-state index contributed by atoms with van der Waals surface area (Å²) in [5.74, 6) is -0.0841. The molecule has 0 bridgehead atoms. The monoisotopic (exact) mass is 292 g/mol. The largest absolute Gasteiger partial charge is 0.337 e. The van der Waals surface area contributed by atoms with Gasteiger partial charge in [-0.05, 0) is 24.6 Å². The van der Waals surface area contributed by atoms with Crippen LogP contribution in [-0.4, -0.2) is 44.0 Å². The van der Waals surface area contributed by atoms with E-state index in [1.54, 1.807) is 14.1 Å². The summed E-state index contributed by atoms with van der Waals surface area (Å²) in [5.41, 5.74) is 1.87. The van der Waals surface area contributed by atoms with Crippen molar-refractivity contribution in [1.29, 1.82) is 0 Å². The second-order valence-electron chi connectivity index (χ2n) is 5.11. The molecule has 3 amide bonds. The maximum absolute atomic E-state index is 11.4. The molecular formula is C15H24N4O2.